The minimum atomic E-state index is -0.811. The summed E-state index contributed by atoms with van der Waals surface area (Å²) >= 11 is 0. The third kappa shape index (κ3) is 3.55. The zero-order valence-electron chi connectivity index (χ0n) is 10.1. The summed E-state index contributed by atoms with van der Waals surface area (Å²) in [6.45, 7) is 3.66. The van der Waals surface area contributed by atoms with Gasteiger partial charge in [0.1, 0.15) is 0 Å². The van der Waals surface area contributed by atoms with Gasteiger partial charge in [-0.25, -0.2) is 0 Å². The zero-order chi connectivity index (χ0) is 12.8. The topological polar surface area (TPSA) is 61.2 Å². The Labute approximate surface area is 101 Å². The predicted octanol–water partition coefficient (Wildman–Crippen LogP) is 3.14. The third-order valence-electron chi connectivity index (χ3n) is 2.72. The minimum absolute atomic E-state index is 0.440. The third-order valence-corrected chi connectivity index (χ3v) is 2.72. The van der Waals surface area contributed by atoms with Gasteiger partial charge in [0.05, 0.1) is 5.92 Å². The van der Waals surface area contributed by atoms with Crippen molar-refractivity contribution in [2.24, 2.45) is 5.92 Å². The lowest BCUT2D eigenvalue weighted by Crippen LogP contribution is -2.10. The number of nitrogens with one attached hydrogen (secondary N) is 1. The highest BCUT2D eigenvalue weighted by Gasteiger charge is 2.14. The molecule has 1 unspecified atom stereocenters. The van der Waals surface area contributed by atoms with Crippen molar-refractivity contribution in [1.82, 2.24) is 0 Å². The molecular formula is C14H17NO2. The first-order valence-corrected chi connectivity index (χ1v) is 5.54. The molecule has 1 atom stereocenters. The Balaban J connectivity index is 3.03. The molecule has 1 rings (SSSR count). The minimum Gasteiger partial charge on any atom is -0.481 e. The lowest BCUT2D eigenvalue weighted by Gasteiger charge is -2.12. The average molecular weight is 231 g/mol. The molecule has 3 heteroatoms. The van der Waals surface area contributed by atoms with Crippen LogP contribution in [0.2, 0.25) is 0 Å². The van der Waals surface area contributed by atoms with E-state index in [1.807, 2.05) is 31.2 Å². The molecule has 90 valence electrons. The second kappa shape index (κ2) is 5.99. The molecule has 1 aromatic carbocycles. The number of allylic oxidation sites excluding steroid dienone is 2. The van der Waals surface area contributed by atoms with Gasteiger partial charge < -0.3 is 10.5 Å². The number of rotatable bonds is 5. The van der Waals surface area contributed by atoms with Crippen molar-refractivity contribution in [1.29, 1.82) is 5.41 Å². The molecular weight excluding hydrogens is 214 g/mol. The van der Waals surface area contributed by atoms with Gasteiger partial charge in [-0.2, -0.15) is 0 Å². The van der Waals surface area contributed by atoms with Crippen LogP contribution >= 0.6 is 0 Å². The maximum absolute atomic E-state index is 10.9. The van der Waals surface area contributed by atoms with Crippen molar-refractivity contribution in [3.05, 3.63) is 41.5 Å². The first-order valence-electron chi connectivity index (χ1n) is 5.54. The summed E-state index contributed by atoms with van der Waals surface area (Å²) in [5.74, 6) is -1.25. The molecule has 0 heterocycles. The molecule has 0 aliphatic carbocycles. The van der Waals surface area contributed by atoms with Crippen LogP contribution in [0.1, 0.15) is 24.5 Å². The van der Waals surface area contributed by atoms with Crippen LogP contribution in [0.4, 0.5) is 0 Å². The maximum atomic E-state index is 10.9. The van der Waals surface area contributed by atoms with E-state index in [2.05, 4.69) is 0 Å². The maximum Gasteiger partial charge on any atom is 0.306 e. The summed E-state index contributed by atoms with van der Waals surface area (Å²) < 4.78 is 0. The first kappa shape index (κ1) is 13.2. The molecule has 0 aliphatic heterocycles. The number of carboxylic acids is 1. The Hall–Kier alpha value is -1.90. The molecule has 0 saturated heterocycles. The van der Waals surface area contributed by atoms with Crippen LogP contribution in [0.3, 0.4) is 0 Å². The fourth-order valence-electron chi connectivity index (χ4n) is 1.72. The van der Waals surface area contributed by atoms with E-state index in [0.29, 0.717) is 6.42 Å². The Morgan fingerprint density at radius 3 is 2.65 bits per heavy atom. The van der Waals surface area contributed by atoms with Crippen molar-refractivity contribution in [2.45, 2.75) is 20.3 Å². The molecule has 0 spiro atoms. The van der Waals surface area contributed by atoms with Gasteiger partial charge in [-0.3, -0.25) is 4.79 Å². The smallest absolute Gasteiger partial charge is 0.306 e. The van der Waals surface area contributed by atoms with Gasteiger partial charge in [0.15, 0.2) is 0 Å². The Bertz CT molecular complexity index is 449. The zero-order valence-corrected chi connectivity index (χ0v) is 10.1. The van der Waals surface area contributed by atoms with Crippen LogP contribution in [0, 0.1) is 18.3 Å². The van der Waals surface area contributed by atoms with E-state index in [-0.39, 0.29) is 0 Å². The summed E-state index contributed by atoms with van der Waals surface area (Å²) in [5.41, 5.74) is 3.01. The molecule has 3 nitrogen and oxygen atoms in total. The molecule has 2 N–H and O–H groups in total. The number of aryl methyl sites for hydroxylation is 1. The highest BCUT2D eigenvalue weighted by molar-refractivity contribution is 5.85. The van der Waals surface area contributed by atoms with E-state index in [1.54, 1.807) is 13.0 Å². The van der Waals surface area contributed by atoms with Gasteiger partial charge in [0.2, 0.25) is 0 Å². The molecule has 0 fully saturated rings. The van der Waals surface area contributed by atoms with Gasteiger partial charge in [0.25, 0.3) is 0 Å². The summed E-state index contributed by atoms with van der Waals surface area (Å²) in [6, 6.07) is 7.81. The molecule has 0 amide bonds. The second-order valence-electron chi connectivity index (χ2n) is 4.12. The number of aliphatic carboxylic acids is 1. The van der Waals surface area contributed by atoms with Crippen LogP contribution < -0.4 is 0 Å². The van der Waals surface area contributed by atoms with Crippen LogP contribution in [0.5, 0.6) is 0 Å². The standard InChI is InChI=1S/C14H17NO2/c1-10-5-3-4-6-13(10)12(7-8-15)9-11(2)14(16)17/h3-8,11,15H,9H2,1-2H3,(H,16,17)/b12-7-,15-8?. The Kier molecular flexibility index (Phi) is 4.64. The van der Waals surface area contributed by atoms with E-state index < -0.39 is 11.9 Å². The SMILES string of the molecule is Cc1ccccc1/C(=C\C=N)CC(C)C(=O)O. The van der Waals surface area contributed by atoms with Crippen LogP contribution in [0.15, 0.2) is 30.3 Å². The fraction of sp³-hybridized carbons (Fsp3) is 0.286. The molecule has 0 aromatic heterocycles. The molecule has 0 saturated carbocycles. The van der Waals surface area contributed by atoms with Gasteiger partial charge in [-0.1, -0.05) is 31.2 Å². The van der Waals surface area contributed by atoms with Gasteiger partial charge in [-0.05, 0) is 36.1 Å². The van der Waals surface area contributed by atoms with Crippen LogP contribution in [0.25, 0.3) is 5.57 Å². The highest BCUT2D eigenvalue weighted by atomic mass is 16.4. The van der Waals surface area contributed by atoms with E-state index in [1.165, 1.54) is 6.21 Å². The highest BCUT2D eigenvalue weighted by Crippen LogP contribution is 2.25. The normalized spacial score (nSPS) is 13.2. The molecule has 0 radical (unpaired) electrons. The van der Waals surface area contributed by atoms with Crippen LogP contribution in [-0.4, -0.2) is 17.3 Å². The lowest BCUT2D eigenvalue weighted by atomic mass is 9.92. The van der Waals surface area contributed by atoms with E-state index in [0.717, 1.165) is 16.7 Å². The van der Waals surface area contributed by atoms with Gasteiger partial charge in [0, 0.05) is 6.21 Å². The molecule has 0 bridgehead atoms. The van der Waals surface area contributed by atoms with E-state index in [9.17, 15) is 4.79 Å². The number of benzene rings is 1. The summed E-state index contributed by atoms with van der Waals surface area (Å²) in [5, 5.41) is 16.1. The van der Waals surface area contributed by atoms with Crippen LogP contribution in [-0.2, 0) is 4.79 Å². The van der Waals surface area contributed by atoms with Crippen molar-refractivity contribution >= 4 is 17.8 Å². The number of carboxylic acid groups (broad SMARTS) is 1. The number of hydrogen-bond donors (Lipinski definition) is 2. The molecule has 0 aliphatic rings. The lowest BCUT2D eigenvalue weighted by molar-refractivity contribution is -0.140. The molecule has 1 aromatic rings. The van der Waals surface area contributed by atoms with Gasteiger partial charge >= 0.3 is 5.97 Å². The first-order chi connectivity index (χ1) is 8.06. The predicted molar refractivity (Wildman–Crippen MR) is 69.4 cm³/mol. The van der Waals surface area contributed by atoms with Crippen molar-refractivity contribution in [2.75, 3.05) is 0 Å². The van der Waals surface area contributed by atoms with E-state index >= 15 is 0 Å². The largest absolute Gasteiger partial charge is 0.481 e. The van der Waals surface area contributed by atoms with Crippen molar-refractivity contribution in [3.63, 3.8) is 0 Å². The summed E-state index contributed by atoms with van der Waals surface area (Å²) in [7, 11) is 0. The average Bonchev–Trinajstić information content (AvgIpc) is 2.29. The number of hydrogen-bond acceptors (Lipinski definition) is 2. The monoisotopic (exact) mass is 231 g/mol. The molecule has 17 heavy (non-hydrogen) atoms. The van der Waals surface area contributed by atoms with Crippen molar-refractivity contribution in [3.8, 4) is 0 Å². The van der Waals surface area contributed by atoms with Crippen molar-refractivity contribution < 1.29 is 9.90 Å². The second-order valence-corrected chi connectivity index (χ2v) is 4.12. The van der Waals surface area contributed by atoms with Gasteiger partial charge in [-0.15, -0.1) is 0 Å². The van der Waals surface area contributed by atoms with E-state index in [4.69, 9.17) is 10.5 Å². The Morgan fingerprint density at radius 2 is 2.12 bits per heavy atom. The summed E-state index contributed by atoms with van der Waals surface area (Å²) in [6.07, 6.45) is 3.31. The summed E-state index contributed by atoms with van der Waals surface area (Å²) in [4.78, 5) is 10.9. The Morgan fingerprint density at radius 1 is 1.47 bits per heavy atom. The fourth-order valence-corrected chi connectivity index (χ4v) is 1.72. The quantitative estimate of drug-likeness (QED) is 0.765. The number of carbonyl (C=O) groups is 1.